The molecular weight excluding hydrogens is 280 g/mol. The van der Waals surface area contributed by atoms with Crippen molar-refractivity contribution in [3.8, 4) is 0 Å². The Balaban J connectivity index is 0. The molecule has 0 aliphatic heterocycles. The van der Waals surface area contributed by atoms with Crippen LogP contribution in [0.3, 0.4) is 0 Å². The molecule has 2 amide bonds. The van der Waals surface area contributed by atoms with E-state index >= 15 is 0 Å². The summed E-state index contributed by atoms with van der Waals surface area (Å²) in [7, 11) is 0. The van der Waals surface area contributed by atoms with E-state index in [4.69, 9.17) is 4.74 Å². The molecule has 0 saturated heterocycles. The quantitative estimate of drug-likeness (QED) is 0.736. The highest BCUT2D eigenvalue weighted by molar-refractivity contribution is 5.85. The minimum Gasteiger partial charge on any atom is -0.465 e. The zero-order valence-electron chi connectivity index (χ0n) is 13.3. The second-order valence-corrected chi connectivity index (χ2v) is 5.80. The van der Waals surface area contributed by atoms with E-state index in [-0.39, 0.29) is 36.4 Å². The fourth-order valence-electron chi connectivity index (χ4n) is 1.42. The van der Waals surface area contributed by atoms with Crippen LogP contribution in [-0.4, -0.2) is 43.1 Å². The predicted octanol–water partition coefficient (Wildman–Crippen LogP) is 2.83. The molecule has 120 valence electrons. The Morgan fingerprint density at radius 2 is 1.80 bits per heavy atom. The SMILES string of the molecule is CCCCN(CC(=O)OCC)C(=O)NCC(C)(C)C.Cl. The number of hydrogen-bond donors (Lipinski definition) is 1. The summed E-state index contributed by atoms with van der Waals surface area (Å²) >= 11 is 0. The highest BCUT2D eigenvalue weighted by atomic mass is 35.5. The third-order valence-electron chi connectivity index (χ3n) is 2.46. The van der Waals surface area contributed by atoms with Gasteiger partial charge in [-0.3, -0.25) is 4.79 Å². The molecule has 5 nitrogen and oxygen atoms in total. The van der Waals surface area contributed by atoms with E-state index in [0.717, 1.165) is 12.8 Å². The van der Waals surface area contributed by atoms with Crippen molar-refractivity contribution >= 4 is 24.4 Å². The minimum absolute atomic E-state index is 0. The van der Waals surface area contributed by atoms with Crippen LogP contribution in [-0.2, 0) is 9.53 Å². The first-order valence-corrected chi connectivity index (χ1v) is 6.98. The number of nitrogens with zero attached hydrogens (tertiary/aromatic N) is 1. The lowest BCUT2D eigenvalue weighted by Gasteiger charge is -2.25. The van der Waals surface area contributed by atoms with E-state index in [9.17, 15) is 9.59 Å². The molecule has 0 aromatic rings. The smallest absolute Gasteiger partial charge is 0.325 e. The molecule has 0 radical (unpaired) electrons. The van der Waals surface area contributed by atoms with Crippen molar-refractivity contribution in [3.05, 3.63) is 0 Å². The van der Waals surface area contributed by atoms with Gasteiger partial charge >= 0.3 is 12.0 Å². The topological polar surface area (TPSA) is 58.6 Å². The second kappa shape index (κ2) is 10.8. The number of unbranched alkanes of at least 4 members (excludes halogenated alkanes) is 1. The summed E-state index contributed by atoms with van der Waals surface area (Å²) in [6.07, 6.45) is 1.86. The normalized spacial score (nSPS) is 10.4. The summed E-state index contributed by atoms with van der Waals surface area (Å²) in [5.41, 5.74) is 0.0238. The van der Waals surface area contributed by atoms with Crippen LogP contribution in [0.1, 0.15) is 47.5 Å². The van der Waals surface area contributed by atoms with E-state index in [1.807, 2.05) is 0 Å². The maximum atomic E-state index is 12.0. The van der Waals surface area contributed by atoms with Gasteiger partial charge in [0, 0.05) is 13.1 Å². The van der Waals surface area contributed by atoms with Crippen molar-refractivity contribution in [2.45, 2.75) is 47.5 Å². The first-order chi connectivity index (χ1) is 8.80. The number of hydrogen-bond acceptors (Lipinski definition) is 3. The summed E-state index contributed by atoms with van der Waals surface area (Å²) in [4.78, 5) is 25.0. The lowest BCUT2D eigenvalue weighted by molar-refractivity contribution is -0.143. The number of carbonyl (C=O) groups excluding carboxylic acids is 2. The average molecular weight is 309 g/mol. The number of urea groups is 1. The highest BCUT2D eigenvalue weighted by Crippen LogP contribution is 2.10. The fourth-order valence-corrected chi connectivity index (χ4v) is 1.42. The standard InChI is InChI=1S/C14H28N2O3.ClH/c1-6-8-9-16(10-12(17)19-7-2)13(18)15-11-14(3,4)5;/h6-11H2,1-5H3,(H,15,18);1H. The zero-order valence-corrected chi connectivity index (χ0v) is 14.1. The average Bonchev–Trinajstić information content (AvgIpc) is 2.30. The van der Waals surface area contributed by atoms with E-state index in [2.05, 4.69) is 33.0 Å². The van der Waals surface area contributed by atoms with E-state index in [1.165, 1.54) is 4.90 Å². The zero-order chi connectivity index (χ0) is 14.9. The van der Waals surface area contributed by atoms with Gasteiger partial charge in [-0.05, 0) is 18.8 Å². The Kier molecular flexibility index (Phi) is 11.5. The lowest BCUT2D eigenvalue weighted by atomic mass is 9.97. The molecule has 0 bridgehead atoms. The van der Waals surface area contributed by atoms with Gasteiger partial charge in [0.25, 0.3) is 0 Å². The Labute approximate surface area is 128 Å². The molecule has 0 saturated carbocycles. The number of carbonyl (C=O) groups is 2. The van der Waals surface area contributed by atoms with Crippen LogP contribution in [0.25, 0.3) is 0 Å². The lowest BCUT2D eigenvalue weighted by Crippen LogP contribution is -2.45. The molecule has 0 unspecified atom stereocenters. The van der Waals surface area contributed by atoms with Crippen LogP contribution < -0.4 is 5.32 Å². The Morgan fingerprint density at radius 3 is 2.25 bits per heavy atom. The van der Waals surface area contributed by atoms with Crippen molar-refractivity contribution in [1.29, 1.82) is 0 Å². The van der Waals surface area contributed by atoms with Gasteiger partial charge in [-0.15, -0.1) is 12.4 Å². The van der Waals surface area contributed by atoms with Crippen LogP contribution in [0.2, 0.25) is 0 Å². The van der Waals surface area contributed by atoms with Crippen molar-refractivity contribution < 1.29 is 14.3 Å². The van der Waals surface area contributed by atoms with Crippen molar-refractivity contribution in [2.75, 3.05) is 26.2 Å². The maximum Gasteiger partial charge on any atom is 0.325 e. The third-order valence-corrected chi connectivity index (χ3v) is 2.46. The molecule has 0 heterocycles. The molecule has 0 aromatic carbocycles. The largest absolute Gasteiger partial charge is 0.465 e. The predicted molar refractivity (Wildman–Crippen MR) is 83.2 cm³/mol. The summed E-state index contributed by atoms with van der Waals surface area (Å²) < 4.78 is 4.89. The Hall–Kier alpha value is -0.970. The number of halogens is 1. The first-order valence-electron chi connectivity index (χ1n) is 6.98. The number of amides is 2. The molecule has 0 atom stereocenters. The van der Waals surface area contributed by atoms with Gasteiger partial charge in [0.2, 0.25) is 0 Å². The maximum absolute atomic E-state index is 12.0. The number of ether oxygens (including phenoxy) is 1. The molecule has 0 aliphatic carbocycles. The summed E-state index contributed by atoms with van der Waals surface area (Å²) in [6, 6.07) is -0.198. The molecule has 0 fully saturated rings. The van der Waals surface area contributed by atoms with Gasteiger partial charge in [0.05, 0.1) is 6.61 Å². The minimum atomic E-state index is -0.357. The highest BCUT2D eigenvalue weighted by Gasteiger charge is 2.19. The van der Waals surface area contributed by atoms with Crippen LogP contribution >= 0.6 is 12.4 Å². The third kappa shape index (κ3) is 10.9. The van der Waals surface area contributed by atoms with Crippen LogP contribution in [0.15, 0.2) is 0 Å². The monoisotopic (exact) mass is 308 g/mol. The van der Waals surface area contributed by atoms with Crippen LogP contribution in [0, 0.1) is 5.41 Å². The summed E-state index contributed by atoms with van der Waals surface area (Å²) in [5.74, 6) is -0.357. The fraction of sp³-hybridized carbons (Fsp3) is 0.857. The van der Waals surface area contributed by atoms with E-state index in [1.54, 1.807) is 6.92 Å². The number of esters is 1. The summed E-state index contributed by atoms with van der Waals surface area (Å²) in [5, 5.41) is 2.86. The number of rotatable bonds is 7. The van der Waals surface area contributed by atoms with Crippen molar-refractivity contribution in [2.24, 2.45) is 5.41 Å². The molecule has 0 rings (SSSR count). The van der Waals surface area contributed by atoms with E-state index in [0.29, 0.717) is 19.7 Å². The van der Waals surface area contributed by atoms with Gasteiger partial charge in [0.1, 0.15) is 6.54 Å². The molecule has 0 aromatic heterocycles. The van der Waals surface area contributed by atoms with Gasteiger partial charge in [-0.25, -0.2) is 4.79 Å². The van der Waals surface area contributed by atoms with Gasteiger partial charge in [-0.1, -0.05) is 34.1 Å². The molecule has 6 heteroatoms. The summed E-state index contributed by atoms with van der Waals surface area (Å²) in [6.45, 7) is 11.5. The van der Waals surface area contributed by atoms with Crippen molar-refractivity contribution in [3.63, 3.8) is 0 Å². The first kappa shape index (κ1) is 21.3. The van der Waals surface area contributed by atoms with Gasteiger partial charge in [0.15, 0.2) is 0 Å². The second-order valence-electron chi connectivity index (χ2n) is 5.80. The Bertz CT molecular complexity index is 291. The van der Waals surface area contributed by atoms with E-state index < -0.39 is 0 Å². The van der Waals surface area contributed by atoms with Crippen LogP contribution in [0.5, 0.6) is 0 Å². The Morgan fingerprint density at radius 1 is 1.20 bits per heavy atom. The van der Waals surface area contributed by atoms with Crippen molar-refractivity contribution in [1.82, 2.24) is 10.2 Å². The molecule has 0 spiro atoms. The number of nitrogens with one attached hydrogen (secondary N) is 1. The van der Waals surface area contributed by atoms with Crippen LogP contribution in [0.4, 0.5) is 4.79 Å². The molecule has 0 aliphatic rings. The van der Waals surface area contributed by atoms with Gasteiger partial charge < -0.3 is 15.0 Å². The molecule has 20 heavy (non-hydrogen) atoms. The molecule has 1 N–H and O–H groups in total. The van der Waals surface area contributed by atoms with Gasteiger partial charge in [-0.2, -0.15) is 0 Å². The molecular formula is C14H29ClN2O3.